The van der Waals surface area contributed by atoms with Gasteiger partial charge >= 0.3 is 0 Å². The Kier molecular flexibility index (Phi) is 7.71. The summed E-state index contributed by atoms with van der Waals surface area (Å²) in [5.74, 6) is 4.07. The van der Waals surface area contributed by atoms with Gasteiger partial charge in [0.25, 0.3) is 0 Å². The summed E-state index contributed by atoms with van der Waals surface area (Å²) >= 11 is 0. The number of allylic oxidation sites excluding steroid dienone is 1. The molecule has 3 aliphatic carbocycles. The predicted octanol–water partition coefficient (Wildman–Crippen LogP) is 8.78. The van der Waals surface area contributed by atoms with Crippen molar-refractivity contribution in [1.29, 1.82) is 0 Å². The van der Waals surface area contributed by atoms with Gasteiger partial charge in [0.1, 0.15) is 5.82 Å². The lowest BCUT2D eigenvalue weighted by Gasteiger charge is -2.42. The Morgan fingerprint density at radius 1 is 0.967 bits per heavy atom. The van der Waals surface area contributed by atoms with Gasteiger partial charge in [0.15, 0.2) is 0 Å². The van der Waals surface area contributed by atoms with Gasteiger partial charge in [-0.05, 0) is 110 Å². The van der Waals surface area contributed by atoms with E-state index < -0.39 is 0 Å². The fourth-order valence-corrected chi connectivity index (χ4v) is 7.03. The molecule has 0 aliphatic heterocycles. The molecule has 3 aliphatic rings. The molecule has 0 nitrogen and oxygen atoms in total. The molecule has 0 heterocycles. The van der Waals surface area contributed by atoms with Crippen molar-refractivity contribution in [2.75, 3.05) is 0 Å². The average molecular weight is 411 g/mol. The predicted molar refractivity (Wildman–Crippen MR) is 126 cm³/mol. The van der Waals surface area contributed by atoms with E-state index in [4.69, 9.17) is 0 Å². The van der Waals surface area contributed by atoms with Crippen molar-refractivity contribution >= 4 is 0 Å². The molecule has 1 aromatic carbocycles. The molecule has 1 heteroatoms. The molecule has 0 spiro atoms. The minimum Gasteiger partial charge on any atom is -0.206 e. The average Bonchev–Trinajstić information content (AvgIpc) is 2.77. The van der Waals surface area contributed by atoms with Gasteiger partial charge in [0.05, 0.1) is 0 Å². The SMILES string of the molecule is C=CCCC1CCC2CC(c3ccc4c(c3F)CCC(CCCCC)C4)CCC2C1. The molecule has 2 saturated carbocycles. The zero-order valence-electron chi connectivity index (χ0n) is 19.3. The van der Waals surface area contributed by atoms with Crippen LogP contribution in [0.25, 0.3) is 0 Å². The van der Waals surface area contributed by atoms with E-state index in [-0.39, 0.29) is 5.82 Å². The normalized spacial score (nSPS) is 31.1. The third kappa shape index (κ3) is 5.03. The third-order valence-corrected chi connectivity index (χ3v) is 8.84. The maximum Gasteiger partial charge on any atom is 0.130 e. The summed E-state index contributed by atoms with van der Waals surface area (Å²) in [7, 11) is 0. The first-order valence-corrected chi connectivity index (χ1v) is 13.1. The molecule has 0 bridgehead atoms. The van der Waals surface area contributed by atoms with Crippen LogP contribution in [-0.2, 0) is 12.8 Å². The van der Waals surface area contributed by atoms with Crippen LogP contribution in [0.15, 0.2) is 24.8 Å². The standard InChI is InChI=1S/C29H43F/c1-3-5-7-9-22-11-16-27-25(19-22)15-17-28(29(27)30)26-14-13-23-18-21(8-6-4-2)10-12-24(23)20-26/h4,15,17,21-24,26H,2-3,5-14,16,18-20H2,1H3. The Labute approximate surface area is 184 Å². The summed E-state index contributed by atoms with van der Waals surface area (Å²) < 4.78 is 15.6. The Balaban J connectivity index is 1.37. The summed E-state index contributed by atoms with van der Waals surface area (Å²) in [6, 6.07) is 4.49. The molecule has 30 heavy (non-hydrogen) atoms. The molecule has 0 aromatic heterocycles. The summed E-state index contributed by atoms with van der Waals surface area (Å²) in [5.41, 5.74) is 3.46. The number of hydrogen-bond acceptors (Lipinski definition) is 0. The van der Waals surface area contributed by atoms with Crippen molar-refractivity contribution in [3.63, 3.8) is 0 Å². The van der Waals surface area contributed by atoms with E-state index in [1.54, 1.807) is 0 Å². The number of hydrogen-bond donors (Lipinski definition) is 0. The Bertz CT molecular complexity index is 705. The van der Waals surface area contributed by atoms with E-state index in [1.807, 2.05) is 0 Å². The third-order valence-electron chi connectivity index (χ3n) is 8.84. The van der Waals surface area contributed by atoms with Crippen LogP contribution < -0.4 is 0 Å². The number of fused-ring (bicyclic) bond motifs is 2. The van der Waals surface area contributed by atoms with E-state index >= 15 is 4.39 Å². The van der Waals surface area contributed by atoms with Crippen LogP contribution in [0.3, 0.4) is 0 Å². The van der Waals surface area contributed by atoms with Gasteiger partial charge < -0.3 is 0 Å². The highest BCUT2D eigenvalue weighted by molar-refractivity contribution is 5.38. The molecular weight excluding hydrogens is 367 g/mol. The van der Waals surface area contributed by atoms with Crippen molar-refractivity contribution in [2.24, 2.45) is 23.7 Å². The van der Waals surface area contributed by atoms with Crippen molar-refractivity contribution in [3.05, 3.63) is 47.3 Å². The van der Waals surface area contributed by atoms with E-state index in [2.05, 4.69) is 31.7 Å². The number of rotatable bonds is 8. The molecule has 5 unspecified atom stereocenters. The highest BCUT2D eigenvalue weighted by atomic mass is 19.1. The molecule has 0 N–H and O–H groups in total. The molecule has 5 atom stereocenters. The lowest BCUT2D eigenvalue weighted by atomic mass is 9.63. The van der Waals surface area contributed by atoms with E-state index in [1.165, 1.54) is 89.0 Å². The zero-order chi connectivity index (χ0) is 20.9. The Morgan fingerprint density at radius 2 is 1.80 bits per heavy atom. The number of unbranched alkanes of at least 4 members (excludes halogenated alkanes) is 2. The lowest BCUT2D eigenvalue weighted by Crippen LogP contribution is -2.31. The largest absolute Gasteiger partial charge is 0.206 e. The Hall–Kier alpha value is -1.11. The van der Waals surface area contributed by atoms with Gasteiger partial charge in [0.2, 0.25) is 0 Å². The van der Waals surface area contributed by atoms with E-state index in [0.29, 0.717) is 5.92 Å². The van der Waals surface area contributed by atoms with Crippen LogP contribution in [0.5, 0.6) is 0 Å². The smallest absolute Gasteiger partial charge is 0.130 e. The van der Waals surface area contributed by atoms with Gasteiger partial charge in [-0.25, -0.2) is 4.39 Å². The van der Waals surface area contributed by atoms with Gasteiger partial charge in [-0.2, -0.15) is 0 Å². The summed E-state index contributed by atoms with van der Waals surface area (Å²) in [6.07, 6.45) is 21.1. The quantitative estimate of drug-likeness (QED) is 0.297. The maximum absolute atomic E-state index is 15.6. The maximum atomic E-state index is 15.6. The first-order valence-electron chi connectivity index (χ1n) is 13.1. The highest BCUT2D eigenvalue weighted by Gasteiger charge is 2.37. The second-order valence-corrected chi connectivity index (χ2v) is 10.8. The van der Waals surface area contributed by atoms with Crippen molar-refractivity contribution < 1.29 is 4.39 Å². The fourth-order valence-electron chi connectivity index (χ4n) is 7.03. The minimum absolute atomic E-state index is 0.183. The molecule has 2 fully saturated rings. The monoisotopic (exact) mass is 410 g/mol. The van der Waals surface area contributed by atoms with Gasteiger partial charge in [-0.1, -0.05) is 57.2 Å². The second kappa shape index (κ2) is 10.5. The first kappa shape index (κ1) is 22.1. The number of benzene rings is 1. The van der Waals surface area contributed by atoms with Crippen LogP contribution in [-0.4, -0.2) is 0 Å². The van der Waals surface area contributed by atoms with Crippen molar-refractivity contribution in [3.8, 4) is 0 Å². The van der Waals surface area contributed by atoms with Gasteiger partial charge in [-0.3, -0.25) is 0 Å². The number of halogens is 1. The lowest BCUT2D eigenvalue weighted by molar-refractivity contribution is 0.114. The first-order chi connectivity index (χ1) is 14.7. The van der Waals surface area contributed by atoms with Crippen molar-refractivity contribution in [2.45, 2.75) is 109 Å². The van der Waals surface area contributed by atoms with Crippen LogP contribution >= 0.6 is 0 Å². The fraction of sp³-hybridized carbons (Fsp3) is 0.724. The van der Waals surface area contributed by atoms with Gasteiger partial charge in [-0.15, -0.1) is 6.58 Å². The minimum atomic E-state index is 0.183. The summed E-state index contributed by atoms with van der Waals surface area (Å²) in [4.78, 5) is 0. The second-order valence-electron chi connectivity index (χ2n) is 10.8. The van der Waals surface area contributed by atoms with Crippen LogP contribution in [0, 0.1) is 29.5 Å². The van der Waals surface area contributed by atoms with Crippen LogP contribution in [0.4, 0.5) is 4.39 Å². The summed E-state index contributed by atoms with van der Waals surface area (Å²) in [6.45, 7) is 6.17. The molecule has 0 saturated heterocycles. The Morgan fingerprint density at radius 3 is 2.63 bits per heavy atom. The van der Waals surface area contributed by atoms with Crippen LogP contribution in [0.2, 0.25) is 0 Å². The van der Waals surface area contributed by atoms with Crippen LogP contribution in [0.1, 0.15) is 113 Å². The zero-order valence-corrected chi connectivity index (χ0v) is 19.3. The molecule has 166 valence electrons. The highest BCUT2D eigenvalue weighted by Crippen LogP contribution is 2.49. The molecule has 0 radical (unpaired) electrons. The molecule has 1 aromatic rings. The van der Waals surface area contributed by atoms with E-state index in [9.17, 15) is 0 Å². The van der Waals surface area contributed by atoms with Gasteiger partial charge in [0, 0.05) is 0 Å². The summed E-state index contributed by atoms with van der Waals surface area (Å²) in [5, 5.41) is 0. The topological polar surface area (TPSA) is 0 Å². The molecular formula is C29H43F. The molecule has 4 rings (SSSR count). The van der Waals surface area contributed by atoms with Crippen molar-refractivity contribution in [1.82, 2.24) is 0 Å². The molecule has 0 amide bonds. The van der Waals surface area contributed by atoms with E-state index in [0.717, 1.165) is 47.6 Å².